The third-order valence-corrected chi connectivity index (χ3v) is 4.33. The molecule has 0 saturated carbocycles. The molecule has 0 atom stereocenters. The van der Waals surface area contributed by atoms with Crippen LogP contribution in [0.25, 0.3) is 21.7 Å². The Kier molecular flexibility index (Phi) is 4.22. The molecule has 2 nitrogen and oxygen atoms in total. The van der Waals surface area contributed by atoms with Gasteiger partial charge in [0.1, 0.15) is 11.4 Å². The fourth-order valence-corrected chi connectivity index (χ4v) is 2.69. The van der Waals surface area contributed by atoms with Crippen LogP contribution >= 0.6 is 0 Å². The van der Waals surface area contributed by atoms with Crippen LogP contribution in [0.1, 0.15) is 22.3 Å². The van der Waals surface area contributed by atoms with E-state index in [1.165, 1.54) is 11.1 Å². The smallest absolute Gasteiger partial charge is 0.312 e. The third kappa shape index (κ3) is 2.96. The summed E-state index contributed by atoms with van der Waals surface area (Å²) in [6.45, 7) is 5.96. The lowest BCUT2D eigenvalue weighted by molar-refractivity contribution is 0.619. The summed E-state index contributed by atoms with van der Waals surface area (Å²) in [5, 5.41) is 0. The standard InChI is InChI=1S/C21H20FN2/c1-14-6-8-19(9-16(14)3)24-12-18(11-23-4)20(13-24)17-7-5-15(2)21(22)10-17/h5-10,12-13H,1-4H3/q+1. The van der Waals surface area contributed by atoms with Gasteiger partial charge in [-0.15, -0.1) is 0 Å². The van der Waals surface area contributed by atoms with Gasteiger partial charge < -0.3 is 4.57 Å². The van der Waals surface area contributed by atoms with Gasteiger partial charge in [0.2, 0.25) is 0 Å². The molecule has 0 fully saturated rings. The number of benzene rings is 2. The first-order valence-corrected chi connectivity index (χ1v) is 7.90. The SMILES string of the molecule is C[N+]#Cc1cn(-c2ccc(C)c(C)c2)cc1-c1ccc(C)c(F)c1. The summed E-state index contributed by atoms with van der Waals surface area (Å²) in [4.78, 5) is 4.01. The second-order valence-corrected chi connectivity index (χ2v) is 6.06. The number of rotatable bonds is 2. The molecule has 0 bridgehead atoms. The van der Waals surface area contributed by atoms with Gasteiger partial charge in [-0.25, -0.2) is 4.39 Å². The minimum atomic E-state index is -0.203. The Morgan fingerprint density at radius 3 is 2.33 bits per heavy atom. The van der Waals surface area contributed by atoms with Crippen LogP contribution in [0.15, 0.2) is 48.8 Å². The van der Waals surface area contributed by atoms with Crippen molar-refractivity contribution in [1.29, 1.82) is 0 Å². The number of hydrogen-bond acceptors (Lipinski definition) is 0. The van der Waals surface area contributed by atoms with E-state index in [2.05, 4.69) is 43.0 Å². The van der Waals surface area contributed by atoms with E-state index < -0.39 is 0 Å². The Hall–Kier alpha value is -2.86. The van der Waals surface area contributed by atoms with E-state index in [4.69, 9.17) is 0 Å². The topological polar surface area (TPSA) is 9.29 Å². The minimum Gasteiger partial charge on any atom is -0.322 e. The van der Waals surface area contributed by atoms with Crippen LogP contribution in [0.3, 0.4) is 0 Å². The Balaban J connectivity index is 2.15. The number of hydrogen-bond donors (Lipinski definition) is 0. The highest BCUT2D eigenvalue weighted by Gasteiger charge is 2.14. The molecule has 0 N–H and O–H groups in total. The zero-order valence-corrected chi connectivity index (χ0v) is 14.4. The molecule has 24 heavy (non-hydrogen) atoms. The highest BCUT2D eigenvalue weighted by atomic mass is 19.1. The molecule has 1 aromatic heterocycles. The van der Waals surface area contributed by atoms with Crippen LogP contribution in [0.4, 0.5) is 4.39 Å². The molecule has 3 aromatic rings. The average molecular weight is 319 g/mol. The van der Waals surface area contributed by atoms with Crippen molar-refractivity contribution in [3.05, 3.63) is 81.7 Å². The molecule has 1 heterocycles. The van der Waals surface area contributed by atoms with Gasteiger partial charge in [0.15, 0.2) is 0 Å². The Morgan fingerprint density at radius 2 is 1.67 bits per heavy atom. The molecule has 3 rings (SSSR count). The molecular formula is C21H20FN2+. The molecule has 0 aliphatic rings. The van der Waals surface area contributed by atoms with E-state index in [1.807, 2.05) is 23.0 Å². The second-order valence-electron chi connectivity index (χ2n) is 6.06. The lowest BCUT2D eigenvalue weighted by Crippen LogP contribution is -1.91. The third-order valence-electron chi connectivity index (χ3n) is 4.33. The predicted molar refractivity (Wildman–Crippen MR) is 97.6 cm³/mol. The summed E-state index contributed by atoms with van der Waals surface area (Å²) in [5.74, 6) is -0.203. The largest absolute Gasteiger partial charge is 0.322 e. The summed E-state index contributed by atoms with van der Waals surface area (Å²) in [7, 11) is 1.69. The van der Waals surface area contributed by atoms with Crippen molar-refractivity contribution in [2.75, 3.05) is 7.05 Å². The maximum atomic E-state index is 14.0. The Labute approximate surface area is 142 Å². The molecule has 0 unspecified atom stereocenters. The molecule has 0 saturated heterocycles. The zero-order chi connectivity index (χ0) is 17.3. The number of aryl methyl sites for hydroxylation is 3. The van der Waals surface area contributed by atoms with Gasteiger partial charge in [-0.3, -0.25) is 0 Å². The lowest BCUT2D eigenvalue weighted by Gasteiger charge is -2.06. The fraction of sp³-hybridized carbons (Fsp3) is 0.190. The zero-order valence-electron chi connectivity index (χ0n) is 14.4. The molecule has 0 spiro atoms. The van der Waals surface area contributed by atoms with Gasteiger partial charge in [0.05, 0.1) is 0 Å². The van der Waals surface area contributed by atoms with Crippen LogP contribution in [-0.4, -0.2) is 11.6 Å². The molecule has 0 aliphatic carbocycles. The summed E-state index contributed by atoms with van der Waals surface area (Å²) < 4.78 is 16.0. The maximum absolute atomic E-state index is 14.0. The Morgan fingerprint density at radius 1 is 0.917 bits per heavy atom. The fourth-order valence-electron chi connectivity index (χ4n) is 2.69. The summed E-state index contributed by atoms with van der Waals surface area (Å²) in [6.07, 6.45) is 3.98. The van der Waals surface area contributed by atoms with Gasteiger partial charge in [0, 0.05) is 23.6 Å². The molecule has 120 valence electrons. The number of nitrogens with zero attached hydrogens (tertiary/aromatic N) is 2. The van der Waals surface area contributed by atoms with Gasteiger partial charge in [-0.2, -0.15) is 0 Å². The molecule has 3 heteroatoms. The van der Waals surface area contributed by atoms with Crippen molar-refractivity contribution in [2.24, 2.45) is 0 Å². The highest BCUT2D eigenvalue weighted by molar-refractivity contribution is 5.71. The van der Waals surface area contributed by atoms with Crippen molar-refractivity contribution in [1.82, 2.24) is 4.57 Å². The minimum absolute atomic E-state index is 0.203. The first kappa shape index (κ1) is 16.0. The molecule has 0 radical (unpaired) electrons. The van der Waals surface area contributed by atoms with Gasteiger partial charge in [-0.1, -0.05) is 23.0 Å². The average Bonchev–Trinajstić information content (AvgIpc) is 2.97. The molecule has 0 amide bonds. The summed E-state index contributed by atoms with van der Waals surface area (Å²) >= 11 is 0. The second kappa shape index (κ2) is 6.33. The van der Waals surface area contributed by atoms with E-state index in [1.54, 1.807) is 26.1 Å². The summed E-state index contributed by atoms with van der Waals surface area (Å²) in [6, 6.07) is 14.6. The van der Waals surface area contributed by atoms with Crippen LogP contribution < -0.4 is 0 Å². The predicted octanol–water partition coefficient (Wildman–Crippen LogP) is 5.52. The Bertz CT molecular complexity index is 971. The lowest BCUT2D eigenvalue weighted by atomic mass is 10.0. The van der Waals surface area contributed by atoms with Crippen molar-refractivity contribution in [2.45, 2.75) is 20.8 Å². The molecule has 0 aliphatic heterocycles. The maximum Gasteiger partial charge on any atom is 0.312 e. The molecule has 2 aromatic carbocycles. The number of aromatic nitrogens is 1. The quantitative estimate of drug-likeness (QED) is 0.588. The van der Waals surface area contributed by atoms with Crippen molar-refractivity contribution in [3.63, 3.8) is 0 Å². The first-order valence-electron chi connectivity index (χ1n) is 7.90. The summed E-state index contributed by atoms with van der Waals surface area (Å²) in [5.41, 5.74) is 6.79. The van der Waals surface area contributed by atoms with E-state index in [0.29, 0.717) is 5.56 Å². The van der Waals surface area contributed by atoms with Crippen molar-refractivity contribution < 1.29 is 4.39 Å². The van der Waals surface area contributed by atoms with Gasteiger partial charge >= 0.3 is 6.07 Å². The monoisotopic (exact) mass is 319 g/mol. The number of halogens is 1. The van der Waals surface area contributed by atoms with Crippen LogP contribution in [0, 0.1) is 32.7 Å². The van der Waals surface area contributed by atoms with Crippen LogP contribution in [-0.2, 0) is 0 Å². The van der Waals surface area contributed by atoms with Crippen LogP contribution in [0.2, 0.25) is 0 Å². The van der Waals surface area contributed by atoms with Gasteiger partial charge in [-0.05, 0) is 61.2 Å². The van der Waals surface area contributed by atoms with Gasteiger partial charge in [0.25, 0.3) is 7.05 Å². The van der Waals surface area contributed by atoms with Crippen molar-refractivity contribution >= 4 is 0 Å². The van der Waals surface area contributed by atoms with Crippen LogP contribution in [0.5, 0.6) is 0 Å². The van der Waals surface area contributed by atoms with E-state index in [0.717, 1.165) is 22.4 Å². The molecular weight excluding hydrogens is 299 g/mol. The highest BCUT2D eigenvalue weighted by Crippen LogP contribution is 2.28. The van der Waals surface area contributed by atoms with E-state index in [9.17, 15) is 4.39 Å². The van der Waals surface area contributed by atoms with E-state index >= 15 is 0 Å². The normalized spacial score (nSPS) is 10.4. The first-order chi connectivity index (χ1) is 11.5. The van der Waals surface area contributed by atoms with Crippen molar-refractivity contribution in [3.8, 4) is 22.9 Å². The van der Waals surface area contributed by atoms with E-state index in [-0.39, 0.29) is 5.82 Å².